The van der Waals surface area contributed by atoms with E-state index < -0.39 is 10.0 Å². The molecule has 0 aromatic heterocycles. The quantitative estimate of drug-likeness (QED) is 0.753. The number of morpholine rings is 1. The number of sulfonamides is 1. The van der Waals surface area contributed by atoms with Crippen LogP contribution in [0.15, 0.2) is 23.1 Å². The van der Waals surface area contributed by atoms with E-state index in [-0.39, 0.29) is 46.0 Å². The molecule has 2 saturated heterocycles. The number of piperidine rings is 1. The first-order chi connectivity index (χ1) is 12.3. The zero-order valence-corrected chi connectivity index (χ0v) is 16.9. The molecule has 1 atom stereocenters. The minimum absolute atomic E-state index is 0.0375. The highest BCUT2D eigenvalue weighted by atomic mass is 35.5. The second kappa shape index (κ2) is 8.02. The fraction of sp³-hybridized carbons (Fsp3) is 0.588. The largest absolute Gasteiger partial charge is 0.375 e. The van der Waals surface area contributed by atoms with Gasteiger partial charge in [0, 0.05) is 32.1 Å². The Morgan fingerprint density at radius 2 is 1.77 bits per heavy atom. The molecule has 6 nitrogen and oxygen atoms in total. The molecule has 3 rings (SSSR count). The zero-order valence-electron chi connectivity index (χ0n) is 14.5. The molecule has 2 fully saturated rings. The monoisotopic (exact) mass is 420 g/mol. The van der Waals surface area contributed by atoms with Gasteiger partial charge < -0.3 is 9.64 Å². The summed E-state index contributed by atoms with van der Waals surface area (Å²) in [5.41, 5.74) is 0. The van der Waals surface area contributed by atoms with E-state index in [0.717, 1.165) is 0 Å². The maximum absolute atomic E-state index is 12.9. The lowest BCUT2D eigenvalue weighted by Gasteiger charge is -2.36. The standard InChI is InChI=1S/C17H22Cl2N2O4S/c1-12-11-20(9-10-25-12)17(22)13-5-7-21(8-6-13)26(23,24)16-14(18)3-2-4-15(16)19/h2-4,12-13H,5-11H2,1H3. The second-order valence-corrected chi connectivity index (χ2v) is 9.38. The Morgan fingerprint density at radius 3 is 2.35 bits per heavy atom. The van der Waals surface area contributed by atoms with Gasteiger partial charge in [0.1, 0.15) is 4.90 Å². The van der Waals surface area contributed by atoms with Crippen LogP contribution in [0.2, 0.25) is 10.0 Å². The fourth-order valence-electron chi connectivity index (χ4n) is 3.48. The summed E-state index contributed by atoms with van der Waals surface area (Å²) < 4.78 is 32.6. The molecule has 1 amide bonds. The van der Waals surface area contributed by atoms with Crippen LogP contribution in [0.4, 0.5) is 0 Å². The van der Waals surface area contributed by atoms with E-state index in [4.69, 9.17) is 27.9 Å². The molecule has 2 heterocycles. The molecule has 0 radical (unpaired) electrons. The summed E-state index contributed by atoms with van der Waals surface area (Å²) in [6.45, 7) is 4.23. The van der Waals surface area contributed by atoms with Crippen molar-refractivity contribution in [3.63, 3.8) is 0 Å². The van der Waals surface area contributed by atoms with Crippen LogP contribution in [0.25, 0.3) is 0 Å². The van der Waals surface area contributed by atoms with Crippen LogP contribution in [0.5, 0.6) is 0 Å². The van der Waals surface area contributed by atoms with Gasteiger partial charge in [-0.1, -0.05) is 29.3 Å². The molecule has 0 bridgehead atoms. The fourth-order valence-corrected chi connectivity index (χ4v) is 6.04. The first kappa shape index (κ1) is 19.9. The number of benzene rings is 1. The van der Waals surface area contributed by atoms with Crippen molar-refractivity contribution in [2.45, 2.75) is 30.8 Å². The SMILES string of the molecule is CC1CN(C(=O)C2CCN(S(=O)(=O)c3c(Cl)cccc3Cl)CC2)CCO1. The Morgan fingerprint density at radius 1 is 1.15 bits per heavy atom. The van der Waals surface area contributed by atoms with Crippen molar-refractivity contribution in [2.75, 3.05) is 32.8 Å². The molecule has 1 aromatic rings. The molecule has 1 unspecified atom stereocenters. The lowest BCUT2D eigenvalue weighted by Crippen LogP contribution is -2.49. The molecular formula is C17H22Cl2N2O4S. The van der Waals surface area contributed by atoms with Crippen LogP contribution in [-0.2, 0) is 19.6 Å². The molecule has 0 saturated carbocycles. The normalized spacial score (nSPS) is 23.2. The van der Waals surface area contributed by atoms with Crippen molar-refractivity contribution >= 4 is 39.1 Å². The van der Waals surface area contributed by atoms with Gasteiger partial charge in [0.2, 0.25) is 15.9 Å². The van der Waals surface area contributed by atoms with Crippen LogP contribution in [0.1, 0.15) is 19.8 Å². The van der Waals surface area contributed by atoms with Crippen LogP contribution < -0.4 is 0 Å². The Hall–Kier alpha value is -0.860. The van der Waals surface area contributed by atoms with Gasteiger partial charge in [0.05, 0.1) is 22.8 Å². The molecule has 1 aromatic carbocycles. The number of carbonyl (C=O) groups is 1. The van der Waals surface area contributed by atoms with Gasteiger partial charge >= 0.3 is 0 Å². The van der Waals surface area contributed by atoms with Gasteiger partial charge in [0.25, 0.3) is 0 Å². The Labute approximate surface area is 164 Å². The summed E-state index contributed by atoms with van der Waals surface area (Å²) in [6.07, 6.45) is 1.02. The van der Waals surface area contributed by atoms with Crippen molar-refractivity contribution in [1.29, 1.82) is 0 Å². The van der Waals surface area contributed by atoms with Gasteiger partial charge in [-0.2, -0.15) is 4.31 Å². The average molecular weight is 421 g/mol. The summed E-state index contributed by atoms with van der Waals surface area (Å²) in [5, 5.41) is 0.219. The van der Waals surface area contributed by atoms with Crippen molar-refractivity contribution in [2.24, 2.45) is 5.92 Å². The minimum Gasteiger partial charge on any atom is -0.375 e. The Kier molecular flexibility index (Phi) is 6.14. The van der Waals surface area contributed by atoms with E-state index in [9.17, 15) is 13.2 Å². The number of carbonyl (C=O) groups excluding carboxylic acids is 1. The maximum atomic E-state index is 12.9. The van der Waals surface area contributed by atoms with Crippen molar-refractivity contribution in [1.82, 2.24) is 9.21 Å². The van der Waals surface area contributed by atoms with Crippen molar-refractivity contribution < 1.29 is 17.9 Å². The third-order valence-electron chi connectivity index (χ3n) is 4.87. The Bertz CT molecular complexity index is 759. The smallest absolute Gasteiger partial charge is 0.246 e. The molecule has 144 valence electrons. The first-order valence-electron chi connectivity index (χ1n) is 8.65. The van der Waals surface area contributed by atoms with E-state index in [1.807, 2.05) is 11.8 Å². The number of nitrogens with zero attached hydrogens (tertiary/aromatic N) is 2. The number of rotatable bonds is 3. The topological polar surface area (TPSA) is 66.9 Å². The summed E-state index contributed by atoms with van der Waals surface area (Å²) in [6, 6.07) is 4.63. The zero-order chi connectivity index (χ0) is 18.9. The van der Waals surface area contributed by atoms with Gasteiger partial charge in [-0.3, -0.25) is 4.79 Å². The molecule has 26 heavy (non-hydrogen) atoms. The number of hydrogen-bond donors (Lipinski definition) is 0. The maximum Gasteiger partial charge on any atom is 0.246 e. The van der Waals surface area contributed by atoms with Gasteiger partial charge in [0.15, 0.2) is 0 Å². The molecule has 2 aliphatic rings. The summed E-state index contributed by atoms with van der Waals surface area (Å²) in [5.74, 6) is -0.0681. The molecule has 0 aliphatic carbocycles. The van der Waals surface area contributed by atoms with Gasteiger partial charge in [-0.05, 0) is 31.9 Å². The molecule has 9 heteroatoms. The highest BCUT2D eigenvalue weighted by molar-refractivity contribution is 7.89. The predicted molar refractivity (Wildman–Crippen MR) is 99.9 cm³/mol. The van der Waals surface area contributed by atoms with Crippen LogP contribution in [0, 0.1) is 5.92 Å². The van der Waals surface area contributed by atoms with E-state index in [0.29, 0.717) is 32.5 Å². The van der Waals surface area contributed by atoms with E-state index in [1.54, 1.807) is 6.07 Å². The van der Waals surface area contributed by atoms with Crippen LogP contribution in [0.3, 0.4) is 0 Å². The van der Waals surface area contributed by atoms with E-state index >= 15 is 0 Å². The highest BCUT2D eigenvalue weighted by Gasteiger charge is 2.36. The van der Waals surface area contributed by atoms with E-state index in [2.05, 4.69) is 0 Å². The van der Waals surface area contributed by atoms with Gasteiger partial charge in [-0.25, -0.2) is 8.42 Å². The predicted octanol–water partition coefficient (Wildman–Crippen LogP) is 2.64. The van der Waals surface area contributed by atoms with E-state index in [1.165, 1.54) is 16.4 Å². The molecular weight excluding hydrogens is 399 g/mol. The molecule has 0 spiro atoms. The Balaban J connectivity index is 1.67. The minimum atomic E-state index is -3.78. The summed E-state index contributed by atoms with van der Waals surface area (Å²) >= 11 is 12.1. The number of hydrogen-bond acceptors (Lipinski definition) is 4. The number of amides is 1. The number of halogens is 2. The average Bonchev–Trinajstić information content (AvgIpc) is 2.61. The number of ether oxygens (including phenoxy) is 1. The van der Waals surface area contributed by atoms with Crippen molar-refractivity contribution in [3.8, 4) is 0 Å². The third kappa shape index (κ3) is 4.02. The van der Waals surface area contributed by atoms with Gasteiger partial charge in [-0.15, -0.1) is 0 Å². The summed E-state index contributed by atoms with van der Waals surface area (Å²) in [4.78, 5) is 14.5. The lowest BCUT2D eigenvalue weighted by atomic mass is 9.96. The highest BCUT2D eigenvalue weighted by Crippen LogP contribution is 2.33. The first-order valence-corrected chi connectivity index (χ1v) is 10.8. The third-order valence-corrected chi connectivity index (χ3v) is 7.73. The second-order valence-electron chi connectivity index (χ2n) is 6.69. The molecule has 0 N–H and O–H groups in total. The van der Waals surface area contributed by atoms with Crippen LogP contribution in [-0.4, -0.2) is 62.4 Å². The lowest BCUT2D eigenvalue weighted by molar-refractivity contribution is -0.143. The molecule has 2 aliphatic heterocycles. The van der Waals surface area contributed by atoms with Crippen molar-refractivity contribution in [3.05, 3.63) is 28.2 Å². The summed E-state index contributed by atoms with van der Waals surface area (Å²) in [7, 11) is -3.78. The van der Waals surface area contributed by atoms with Crippen LogP contribution >= 0.6 is 23.2 Å².